The molecule has 0 amide bonds. The van der Waals surface area contributed by atoms with E-state index in [2.05, 4.69) is 56.4 Å². The van der Waals surface area contributed by atoms with Gasteiger partial charge in [-0.3, -0.25) is 10.1 Å². The summed E-state index contributed by atoms with van der Waals surface area (Å²) in [4.78, 5) is 8.88. The number of hydrogen-bond donors (Lipinski definition) is 1. The van der Waals surface area contributed by atoms with Gasteiger partial charge >= 0.3 is 0 Å². The fraction of sp³-hybridized carbons (Fsp3) is 0.375. The Hall–Kier alpha value is -2.30. The Morgan fingerprint density at radius 2 is 2.19 bits per heavy atom. The SMILES string of the molecule is C[C@@H](c1ccccn1)N1C=CN(c2cc(C3CC3)[nH]n2)C1. The van der Waals surface area contributed by atoms with Crippen LogP contribution in [-0.2, 0) is 0 Å². The Kier molecular flexibility index (Phi) is 2.91. The molecule has 1 aliphatic heterocycles. The van der Waals surface area contributed by atoms with Crippen molar-refractivity contribution in [3.63, 3.8) is 0 Å². The highest BCUT2D eigenvalue weighted by Gasteiger charge is 2.27. The second-order valence-electron chi connectivity index (χ2n) is 5.81. The Bertz CT molecular complexity index is 644. The first-order valence-corrected chi connectivity index (χ1v) is 7.48. The maximum Gasteiger partial charge on any atom is 0.156 e. The number of anilines is 1. The number of aromatic nitrogens is 3. The predicted octanol–water partition coefficient (Wildman–Crippen LogP) is 2.99. The quantitative estimate of drug-likeness (QED) is 0.936. The van der Waals surface area contributed by atoms with Crippen molar-refractivity contribution in [1.82, 2.24) is 20.1 Å². The van der Waals surface area contributed by atoms with Crippen molar-refractivity contribution in [2.24, 2.45) is 0 Å². The second kappa shape index (κ2) is 4.91. The van der Waals surface area contributed by atoms with E-state index in [4.69, 9.17) is 0 Å². The van der Waals surface area contributed by atoms with Gasteiger partial charge < -0.3 is 9.80 Å². The lowest BCUT2D eigenvalue weighted by molar-refractivity contribution is 0.316. The Balaban J connectivity index is 1.46. The summed E-state index contributed by atoms with van der Waals surface area (Å²) in [5.74, 6) is 1.71. The number of rotatable bonds is 4. The van der Waals surface area contributed by atoms with Crippen LogP contribution in [0.1, 0.15) is 43.1 Å². The minimum Gasteiger partial charge on any atom is -0.350 e. The summed E-state index contributed by atoms with van der Waals surface area (Å²) in [7, 11) is 0. The molecule has 1 aliphatic carbocycles. The highest BCUT2D eigenvalue weighted by Crippen LogP contribution is 2.40. The summed E-state index contributed by atoms with van der Waals surface area (Å²) in [6, 6.07) is 8.49. The fourth-order valence-corrected chi connectivity index (χ4v) is 2.71. The van der Waals surface area contributed by atoms with Gasteiger partial charge in [-0.1, -0.05) is 6.07 Å². The molecule has 108 valence electrons. The van der Waals surface area contributed by atoms with Crippen molar-refractivity contribution in [2.45, 2.75) is 31.7 Å². The van der Waals surface area contributed by atoms with Crippen LogP contribution in [0.15, 0.2) is 42.9 Å². The smallest absolute Gasteiger partial charge is 0.156 e. The third kappa shape index (κ3) is 2.39. The zero-order valence-corrected chi connectivity index (χ0v) is 12.1. The predicted molar refractivity (Wildman–Crippen MR) is 81.5 cm³/mol. The van der Waals surface area contributed by atoms with Crippen molar-refractivity contribution < 1.29 is 0 Å². The molecule has 4 rings (SSSR count). The van der Waals surface area contributed by atoms with Crippen LogP contribution in [0.2, 0.25) is 0 Å². The molecule has 2 aliphatic rings. The first kappa shape index (κ1) is 12.4. The highest BCUT2D eigenvalue weighted by molar-refractivity contribution is 5.45. The second-order valence-corrected chi connectivity index (χ2v) is 5.81. The van der Waals surface area contributed by atoms with E-state index in [9.17, 15) is 0 Å². The van der Waals surface area contributed by atoms with Crippen LogP contribution in [0.5, 0.6) is 0 Å². The maximum absolute atomic E-state index is 4.44. The van der Waals surface area contributed by atoms with E-state index in [1.165, 1.54) is 18.5 Å². The fourth-order valence-electron chi connectivity index (χ4n) is 2.71. The third-order valence-corrected chi connectivity index (χ3v) is 4.26. The van der Waals surface area contributed by atoms with Crippen molar-refractivity contribution in [3.8, 4) is 0 Å². The van der Waals surface area contributed by atoms with E-state index in [1.807, 2.05) is 18.3 Å². The van der Waals surface area contributed by atoms with Crippen molar-refractivity contribution in [3.05, 3.63) is 54.3 Å². The van der Waals surface area contributed by atoms with Gasteiger partial charge in [0.05, 0.1) is 18.4 Å². The lowest BCUT2D eigenvalue weighted by Crippen LogP contribution is -2.27. The average Bonchev–Trinajstić information content (AvgIpc) is 3.07. The molecule has 1 saturated carbocycles. The molecule has 2 aromatic rings. The third-order valence-electron chi connectivity index (χ3n) is 4.26. The molecule has 0 spiro atoms. The molecule has 0 radical (unpaired) electrons. The molecule has 3 heterocycles. The molecule has 0 unspecified atom stereocenters. The minimum absolute atomic E-state index is 0.259. The van der Waals surface area contributed by atoms with Gasteiger partial charge in [-0.15, -0.1) is 0 Å². The van der Waals surface area contributed by atoms with Crippen LogP contribution >= 0.6 is 0 Å². The number of hydrogen-bond acceptors (Lipinski definition) is 4. The molecule has 0 bridgehead atoms. The number of H-pyrrole nitrogens is 1. The van der Waals surface area contributed by atoms with E-state index in [1.54, 1.807) is 0 Å². The molecule has 1 fully saturated rings. The summed E-state index contributed by atoms with van der Waals surface area (Å²) in [5.41, 5.74) is 2.36. The number of pyridine rings is 1. The van der Waals surface area contributed by atoms with Crippen molar-refractivity contribution >= 4 is 5.82 Å². The molecule has 1 N–H and O–H groups in total. The molecule has 5 nitrogen and oxygen atoms in total. The van der Waals surface area contributed by atoms with Crippen molar-refractivity contribution in [1.29, 1.82) is 0 Å². The van der Waals surface area contributed by atoms with E-state index < -0.39 is 0 Å². The summed E-state index contributed by atoms with van der Waals surface area (Å²) in [5, 5.41) is 7.60. The summed E-state index contributed by atoms with van der Waals surface area (Å²) < 4.78 is 0. The molecule has 21 heavy (non-hydrogen) atoms. The Labute approximate surface area is 124 Å². The van der Waals surface area contributed by atoms with Crippen LogP contribution in [0.4, 0.5) is 5.82 Å². The first-order valence-electron chi connectivity index (χ1n) is 7.48. The number of aromatic amines is 1. The van der Waals surface area contributed by atoms with Crippen LogP contribution in [0.25, 0.3) is 0 Å². The average molecular weight is 281 g/mol. The first-order chi connectivity index (χ1) is 10.3. The summed E-state index contributed by atoms with van der Waals surface area (Å²) in [6.45, 7) is 2.99. The largest absolute Gasteiger partial charge is 0.350 e. The minimum atomic E-state index is 0.259. The van der Waals surface area contributed by atoms with Crippen LogP contribution in [0.3, 0.4) is 0 Å². The lowest BCUT2D eigenvalue weighted by Gasteiger charge is -2.25. The molecule has 0 aromatic carbocycles. The van der Waals surface area contributed by atoms with E-state index in [-0.39, 0.29) is 6.04 Å². The monoisotopic (exact) mass is 281 g/mol. The van der Waals surface area contributed by atoms with Gasteiger partial charge in [0.1, 0.15) is 0 Å². The number of nitrogens with one attached hydrogen (secondary N) is 1. The molecule has 0 saturated heterocycles. The molecular formula is C16H19N5. The molecular weight excluding hydrogens is 262 g/mol. The highest BCUT2D eigenvalue weighted by atomic mass is 15.4. The zero-order chi connectivity index (χ0) is 14.2. The van der Waals surface area contributed by atoms with Gasteiger partial charge in [-0.25, -0.2) is 0 Å². The van der Waals surface area contributed by atoms with Gasteiger partial charge in [0, 0.05) is 36.3 Å². The van der Waals surface area contributed by atoms with Gasteiger partial charge in [0.25, 0.3) is 0 Å². The van der Waals surface area contributed by atoms with E-state index in [0.717, 1.165) is 18.2 Å². The zero-order valence-electron chi connectivity index (χ0n) is 12.1. The van der Waals surface area contributed by atoms with Crippen LogP contribution in [0, 0.1) is 0 Å². The summed E-state index contributed by atoms with van der Waals surface area (Å²) >= 11 is 0. The summed E-state index contributed by atoms with van der Waals surface area (Å²) in [6.07, 6.45) is 8.64. The van der Waals surface area contributed by atoms with Crippen molar-refractivity contribution in [2.75, 3.05) is 11.6 Å². The van der Waals surface area contributed by atoms with Gasteiger partial charge in [-0.05, 0) is 31.9 Å². The normalized spacial score (nSPS) is 19.3. The maximum atomic E-state index is 4.44. The topological polar surface area (TPSA) is 48.1 Å². The molecule has 1 atom stereocenters. The van der Waals surface area contributed by atoms with Crippen LogP contribution < -0.4 is 4.90 Å². The van der Waals surface area contributed by atoms with Gasteiger partial charge in [0.15, 0.2) is 5.82 Å². The van der Waals surface area contributed by atoms with Gasteiger partial charge in [-0.2, -0.15) is 5.10 Å². The van der Waals surface area contributed by atoms with Gasteiger partial charge in [0.2, 0.25) is 0 Å². The standard InChI is InChI=1S/C16H19N5/c1-12(14-4-2-3-7-17-14)20-8-9-21(11-20)16-10-15(18-19-16)13-5-6-13/h2-4,7-10,12-13H,5-6,11H2,1H3,(H,18,19)/t12-/m0/s1. The van der Waals surface area contributed by atoms with Crippen LogP contribution in [-0.4, -0.2) is 26.7 Å². The van der Waals surface area contributed by atoms with E-state index in [0.29, 0.717) is 5.92 Å². The number of nitrogens with zero attached hydrogens (tertiary/aromatic N) is 4. The molecule has 5 heteroatoms. The molecule has 2 aromatic heterocycles. The Morgan fingerprint density at radius 3 is 2.95 bits per heavy atom. The Morgan fingerprint density at radius 1 is 1.29 bits per heavy atom. The lowest BCUT2D eigenvalue weighted by atomic mass is 10.2. The van der Waals surface area contributed by atoms with E-state index >= 15 is 0 Å².